The second-order valence-corrected chi connectivity index (χ2v) is 3.24. The van der Waals surface area contributed by atoms with Crippen molar-refractivity contribution in [2.45, 2.75) is 13.5 Å². The van der Waals surface area contributed by atoms with Gasteiger partial charge in [0.2, 0.25) is 0 Å². The molecule has 3 heteroatoms. The molecule has 1 aliphatic rings. The van der Waals surface area contributed by atoms with Crippen LogP contribution in [0.5, 0.6) is 0 Å². The highest BCUT2D eigenvalue weighted by Crippen LogP contribution is 2.27. The third kappa shape index (κ3) is 1.17. The molecule has 0 unspecified atom stereocenters. The second kappa shape index (κ2) is 2.78. The van der Waals surface area contributed by atoms with Crippen molar-refractivity contribution < 1.29 is 0 Å². The first kappa shape index (κ1) is 8.13. The molecule has 0 aromatic carbocycles. The number of hydrogen-bond donors (Lipinski definition) is 3. The van der Waals surface area contributed by atoms with Crippen LogP contribution in [0.4, 0.5) is 0 Å². The van der Waals surface area contributed by atoms with E-state index in [4.69, 9.17) is 5.73 Å². The van der Waals surface area contributed by atoms with Gasteiger partial charge in [-0.25, -0.2) is 0 Å². The van der Waals surface area contributed by atoms with Crippen LogP contribution < -0.4 is 11.1 Å². The number of fused-ring (bicyclic) bond motifs is 1. The van der Waals surface area contributed by atoms with Crippen molar-refractivity contribution in [2.75, 3.05) is 0 Å². The summed E-state index contributed by atoms with van der Waals surface area (Å²) in [5, 5.41) is 3.10. The number of rotatable bonds is 1. The van der Waals surface area contributed by atoms with Crippen LogP contribution in [-0.2, 0) is 6.54 Å². The minimum Gasteiger partial charge on any atom is -0.360 e. The van der Waals surface area contributed by atoms with E-state index in [1.165, 1.54) is 11.1 Å². The normalized spacial score (nSPS) is 14.9. The Balaban J connectivity index is 2.56. The Labute approximate surface area is 77.3 Å². The predicted molar refractivity (Wildman–Crippen MR) is 54.5 cm³/mol. The van der Waals surface area contributed by atoms with E-state index in [9.17, 15) is 0 Å². The molecule has 0 radical (unpaired) electrons. The first-order valence-corrected chi connectivity index (χ1v) is 4.27. The lowest BCUT2D eigenvalue weighted by Crippen LogP contribution is -2.10. The van der Waals surface area contributed by atoms with Crippen molar-refractivity contribution in [3.63, 3.8) is 0 Å². The number of aromatic amines is 1. The summed E-state index contributed by atoms with van der Waals surface area (Å²) in [5.74, 6) is 0. The van der Waals surface area contributed by atoms with E-state index in [2.05, 4.69) is 29.9 Å². The zero-order valence-corrected chi connectivity index (χ0v) is 7.65. The van der Waals surface area contributed by atoms with Gasteiger partial charge in [0.05, 0.1) is 11.4 Å². The van der Waals surface area contributed by atoms with Crippen molar-refractivity contribution in [1.82, 2.24) is 10.3 Å². The number of nitrogens with two attached hydrogens (primary N) is 1. The number of H-pyrrole nitrogens is 1. The highest BCUT2D eigenvalue weighted by molar-refractivity contribution is 5.80. The minimum atomic E-state index is 0.535. The molecule has 4 N–H and O–H groups in total. The molecule has 1 aromatic heterocycles. The van der Waals surface area contributed by atoms with E-state index in [0.29, 0.717) is 6.54 Å². The molecular weight excluding hydrogens is 162 g/mol. The van der Waals surface area contributed by atoms with Gasteiger partial charge in [0.15, 0.2) is 0 Å². The first-order chi connectivity index (χ1) is 6.22. The highest BCUT2D eigenvalue weighted by atomic mass is 14.9. The highest BCUT2D eigenvalue weighted by Gasteiger charge is 2.14. The van der Waals surface area contributed by atoms with Crippen LogP contribution in [0.1, 0.15) is 23.9 Å². The smallest absolute Gasteiger partial charge is 0.0692 e. The molecule has 0 bridgehead atoms. The van der Waals surface area contributed by atoms with Crippen LogP contribution in [0, 0.1) is 0 Å². The summed E-state index contributed by atoms with van der Waals surface area (Å²) in [5.41, 5.74) is 11.0. The van der Waals surface area contributed by atoms with E-state index >= 15 is 0 Å². The third-order valence-electron chi connectivity index (χ3n) is 2.28. The molecule has 0 spiro atoms. The van der Waals surface area contributed by atoms with Gasteiger partial charge in [0, 0.05) is 24.0 Å². The molecule has 0 atom stereocenters. The lowest BCUT2D eigenvalue weighted by atomic mass is 10.0. The standard InChI is InChI=1S/C10H13N3/c1-6-5-12-7(2)10-9(6)3-8(4-11)13-10/h3,5,12-13H,2,4,11H2,1H3. The summed E-state index contributed by atoms with van der Waals surface area (Å²) in [7, 11) is 0. The first-order valence-electron chi connectivity index (χ1n) is 4.27. The summed E-state index contributed by atoms with van der Waals surface area (Å²) in [6.07, 6.45) is 1.96. The van der Waals surface area contributed by atoms with E-state index in [-0.39, 0.29) is 0 Å². The quantitative estimate of drug-likeness (QED) is 0.604. The molecule has 1 aromatic rings. The zero-order chi connectivity index (χ0) is 9.42. The lowest BCUT2D eigenvalue weighted by molar-refractivity contribution is 1.00. The molecule has 0 amide bonds. The predicted octanol–water partition coefficient (Wildman–Crippen LogP) is 1.41. The molecular formula is C10H13N3. The van der Waals surface area contributed by atoms with Gasteiger partial charge in [0.1, 0.15) is 0 Å². The Kier molecular flexibility index (Phi) is 1.74. The average Bonchev–Trinajstić information content (AvgIpc) is 2.56. The molecule has 0 aliphatic carbocycles. The lowest BCUT2D eigenvalue weighted by Gasteiger charge is -2.13. The molecule has 1 aliphatic heterocycles. The van der Waals surface area contributed by atoms with Gasteiger partial charge in [0.25, 0.3) is 0 Å². The monoisotopic (exact) mass is 175 g/mol. The second-order valence-electron chi connectivity index (χ2n) is 3.24. The molecule has 2 heterocycles. The summed E-state index contributed by atoms with van der Waals surface area (Å²) < 4.78 is 0. The molecule has 68 valence electrons. The summed E-state index contributed by atoms with van der Waals surface area (Å²) in [6.45, 7) is 6.51. The van der Waals surface area contributed by atoms with Gasteiger partial charge in [-0.2, -0.15) is 0 Å². The molecule has 0 saturated heterocycles. The summed E-state index contributed by atoms with van der Waals surface area (Å²) in [6, 6.07) is 2.08. The molecule has 2 rings (SSSR count). The van der Waals surface area contributed by atoms with Gasteiger partial charge in [-0.15, -0.1) is 0 Å². The maximum absolute atomic E-state index is 5.55. The largest absolute Gasteiger partial charge is 0.360 e. The number of hydrogen-bond acceptors (Lipinski definition) is 2. The zero-order valence-electron chi connectivity index (χ0n) is 7.65. The third-order valence-corrected chi connectivity index (χ3v) is 2.28. The summed E-state index contributed by atoms with van der Waals surface area (Å²) >= 11 is 0. The van der Waals surface area contributed by atoms with Crippen LogP contribution in [0.15, 0.2) is 18.8 Å². The Bertz CT molecular complexity index is 385. The minimum absolute atomic E-state index is 0.535. The van der Waals surface area contributed by atoms with Crippen LogP contribution in [0.25, 0.3) is 11.3 Å². The van der Waals surface area contributed by atoms with Crippen molar-refractivity contribution in [3.05, 3.63) is 35.8 Å². The van der Waals surface area contributed by atoms with Gasteiger partial charge in [-0.05, 0) is 18.6 Å². The SMILES string of the molecule is C=C1NC=C(C)c2cc(CN)[nH]c21. The van der Waals surface area contributed by atoms with E-state index in [1.807, 2.05) is 6.20 Å². The number of allylic oxidation sites excluding steroid dienone is 1. The summed E-state index contributed by atoms with van der Waals surface area (Å²) in [4.78, 5) is 3.24. The Morgan fingerprint density at radius 3 is 2.92 bits per heavy atom. The number of aromatic nitrogens is 1. The van der Waals surface area contributed by atoms with Crippen LogP contribution in [0.2, 0.25) is 0 Å². The Morgan fingerprint density at radius 2 is 2.31 bits per heavy atom. The van der Waals surface area contributed by atoms with Crippen LogP contribution >= 0.6 is 0 Å². The van der Waals surface area contributed by atoms with Crippen LogP contribution in [-0.4, -0.2) is 4.98 Å². The Hall–Kier alpha value is -1.48. The van der Waals surface area contributed by atoms with E-state index in [1.54, 1.807) is 0 Å². The average molecular weight is 175 g/mol. The van der Waals surface area contributed by atoms with E-state index in [0.717, 1.165) is 17.1 Å². The fourth-order valence-corrected chi connectivity index (χ4v) is 1.51. The molecule has 3 nitrogen and oxygen atoms in total. The van der Waals surface area contributed by atoms with E-state index < -0.39 is 0 Å². The van der Waals surface area contributed by atoms with Crippen molar-refractivity contribution in [3.8, 4) is 0 Å². The topological polar surface area (TPSA) is 53.8 Å². The maximum Gasteiger partial charge on any atom is 0.0692 e. The van der Waals surface area contributed by atoms with Crippen LogP contribution in [0.3, 0.4) is 0 Å². The molecule has 13 heavy (non-hydrogen) atoms. The van der Waals surface area contributed by atoms with Gasteiger partial charge in [-0.1, -0.05) is 6.58 Å². The van der Waals surface area contributed by atoms with Crippen molar-refractivity contribution >= 4 is 11.3 Å². The molecule has 0 fully saturated rings. The fraction of sp³-hybridized carbons (Fsp3) is 0.200. The van der Waals surface area contributed by atoms with Gasteiger partial charge >= 0.3 is 0 Å². The number of nitrogens with one attached hydrogen (secondary N) is 2. The van der Waals surface area contributed by atoms with Gasteiger partial charge < -0.3 is 16.0 Å². The maximum atomic E-state index is 5.55. The Morgan fingerprint density at radius 1 is 1.54 bits per heavy atom. The van der Waals surface area contributed by atoms with Crippen molar-refractivity contribution in [2.24, 2.45) is 5.73 Å². The molecule has 0 saturated carbocycles. The fourth-order valence-electron chi connectivity index (χ4n) is 1.51. The van der Waals surface area contributed by atoms with Gasteiger partial charge in [-0.3, -0.25) is 0 Å². The van der Waals surface area contributed by atoms with Crippen molar-refractivity contribution in [1.29, 1.82) is 0 Å².